The molecule has 2 N–H and O–H groups in total. The number of hydrogen-bond acceptors (Lipinski definition) is 8. The predicted octanol–water partition coefficient (Wildman–Crippen LogP) is 10.6. The quantitative estimate of drug-likeness (QED) is 0.117. The molecule has 4 heterocycles. The molecule has 0 bridgehead atoms. The summed E-state index contributed by atoms with van der Waals surface area (Å²) in [6, 6.07) is 31.9. The number of hydrogen-bond donors (Lipinski definition) is 2. The maximum atomic E-state index is 13.5. The number of aryl methyl sites for hydroxylation is 2. The SMILES string of the molecule is Cc1ccc(-c2cc(COCC3(c4ccccc4)CCNCC3)cc(C(F)(F)F)c2)nn1.Cc1ncc(-c2cc(COCC3(c4ccccc4)CCNCC3)cc(C(F)(F)F)c2)cn1. The summed E-state index contributed by atoms with van der Waals surface area (Å²) in [6.07, 6.45) is -2.13. The van der Waals surface area contributed by atoms with Crippen LogP contribution in [0, 0.1) is 13.8 Å². The Balaban J connectivity index is 0.000000191. The Bertz CT molecular complexity index is 2230. The zero-order chi connectivity index (χ0) is 45.2. The summed E-state index contributed by atoms with van der Waals surface area (Å²) in [7, 11) is 0. The first-order valence-corrected chi connectivity index (χ1v) is 21.4. The minimum atomic E-state index is -4.46. The van der Waals surface area contributed by atoms with Crippen LogP contribution in [-0.4, -0.2) is 59.6 Å². The lowest BCUT2D eigenvalue weighted by Crippen LogP contribution is -2.43. The van der Waals surface area contributed by atoms with Crippen LogP contribution >= 0.6 is 0 Å². The normalized spacial score (nSPS) is 16.1. The Morgan fingerprint density at radius 2 is 0.984 bits per heavy atom. The first-order chi connectivity index (χ1) is 30.7. The number of nitrogens with one attached hydrogen (secondary N) is 2. The molecule has 2 aliphatic heterocycles. The molecule has 4 aromatic carbocycles. The molecule has 0 atom stereocenters. The van der Waals surface area contributed by atoms with Crippen molar-refractivity contribution in [3.05, 3.63) is 166 Å². The molecular weight excluding hydrogens is 831 g/mol. The van der Waals surface area contributed by atoms with E-state index in [0.717, 1.165) is 76.1 Å². The van der Waals surface area contributed by atoms with Crippen LogP contribution in [-0.2, 0) is 45.9 Å². The van der Waals surface area contributed by atoms with Gasteiger partial charge in [-0.1, -0.05) is 60.7 Å². The van der Waals surface area contributed by atoms with E-state index in [1.165, 1.54) is 11.1 Å². The minimum absolute atomic E-state index is 0.0955. The van der Waals surface area contributed by atoms with Crippen molar-refractivity contribution in [2.24, 2.45) is 0 Å². The largest absolute Gasteiger partial charge is 0.416 e. The third kappa shape index (κ3) is 12.0. The van der Waals surface area contributed by atoms with E-state index in [4.69, 9.17) is 9.47 Å². The van der Waals surface area contributed by atoms with Gasteiger partial charge in [0.15, 0.2) is 0 Å². The topological polar surface area (TPSA) is 94.1 Å². The van der Waals surface area contributed by atoms with Gasteiger partial charge in [0.2, 0.25) is 0 Å². The third-order valence-electron chi connectivity index (χ3n) is 12.0. The highest BCUT2D eigenvalue weighted by Crippen LogP contribution is 2.38. The van der Waals surface area contributed by atoms with E-state index in [-0.39, 0.29) is 24.0 Å². The van der Waals surface area contributed by atoms with Crippen LogP contribution in [0.5, 0.6) is 0 Å². The summed E-state index contributed by atoms with van der Waals surface area (Å²) < 4.78 is 93.4. The molecule has 0 radical (unpaired) electrons. The van der Waals surface area contributed by atoms with Crippen molar-refractivity contribution in [1.82, 2.24) is 30.8 Å². The summed E-state index contributed by atoms with van der Waals surface area (Å²) >= 11 is 0. The Kier molecular flexibility index (Phi) is 14.9. The van der Waals surface area contributed by atoms with Crippen LogP contribution in [0.3, 0.4) is 0 Å². The van der Waals surface area contributed by atoms with Crippen molar-refractivity contribution in [2.45, 2.75) is 75.9 Å². The van der Waals surface area contributed by atoms with E-state index in [1.807, 2.05) is 36.4 Å². The minimum Gasteiger partial charge on any atom is -0.376 e. The van der Waals surface area contributed by atoms with Gasteiger partial charge in [0.1, 0.15) is 5.82 Å². The van der Waals surface area contributed by atoms with E-state index in [1.54, 1.807) is 50.5 Å². The molecule has 0 aliphatic carbocycles. The number of rotatable bonds is 12. The standard InChI is InChI=1S/2C25H26F3N3O/c1-18-30-14-21(15-31-18)20-11-19(12-23(13-20)25(26,27)28)16-32-17-24(7-9-29-10-8-24)22-5-3-2-4-6-22;1-18-7-8-23(31-30-18)20-13-19(14-22(15-20)25(26,27)28)16-32-17-24(9-11-29-12-10-24)21-5-3-2-4-6-21/h2-6,11-15,29H,7-10,16-17H2,1H3;2-8,13-15,29H,9-12,16-17H2,1H3. The number of benzene rings is 4. The average molecular weight is 883 g/mol. The molecule has 336 valence electrons. The summed E-state index contributed by atoms with van der Waals surface area (Å²) in [5.74, 6) is 0.567. The highest BCUT2D eigenvalue weighted by molar-refractivity contribution is 5.64. The van der Waals surface area contributed by atoms with Crippen molar-refractivity contribution < 1.29 is 35.8 Å². The molecule has 2 saturated heterocycles. The van der Waals surface area contributed by atoms with Crippen LogP contribution in [0.25, 0.3) is 22.4 Å². The van der Waals surface area contributed by atoms with Crippen LogP contribution in [0.4, 0.5) is 26.3 Å². The smallest absolute Gasteiger partial charge is 0.376 e. The van der Waals surface area contributed by atoms with Gasteiger partial charge in [-0.05, 0) is 142 Å². The highest BCUT2D eigenvalue weighted by Gasteiger charge is 2.36. The van der Waals surface area contributed by atoms with Crippen LogP contribution in [0.2, 0.25) is 0 Å². The van der Waals surface area contributed by atoms with Crippen molar-refractivity contribution in [3.63, 3.8) is 0 Å². The number of ether oxygens (including phenoxy) is 2. The summed E-state index contributed by atoms with van der Waals surface area (Å²) in [6.45, 7) is 8.18. The number of alkyl halides is 6. The second-order valence-electron chi connectivity index (χ2n) is 16.7. The average Bonchev–Trinajstić information content (AvgIpc) is 3.30. The van der Waals surface area contributed by atoms with E-state index in [0.29, 0.717) is 58.2 Å². The maximum Gasteiger partial charge on any atom is 0.416 e. The third-order valence-corrected chi connectivity index (χ3v) is 12.0. The van der Waals surface area contributed by atoms with E-state index in [9.17, 15) is 26.3 Å². The summed E-state index contributed by atoms with van der Waals surface area (Å²) in [5, 5.41) is 14.8. The molecule has 2 aromatic heterocycles. The Morgan fingerprint density at radius 3 is 1.42 bits per heavy atom. The first-order valence-electron chi connectivity index (χ1n) is 21.4. The van der Waals surface area contributed by atoms with Gasteiger partial charge in [-0.15, -0.1) is 0 Å². The molecule has 0 unspecified atom stereocenters. The maximum absolute atomic E-state index is 13.5. The van der Waals surface area contributed by atoms with Gasteiger partial charge >= 0.3 is 12.4 Å². The van der Waals surface area contributed by atoms with E-state index < -0.39 is 23.5 Å². The molecule has 14 heteroatoms. The second-order valence-corrected chi connectivity index (χ2v) is 16.7. The molecule has 2 fully saturated rings. The van der Waals surface area contributed by atoms with Crippen molar-refractivity contribution in [3.8, 4) is 22.4 Å². The van der Waals surface area contributed by atoms with Gasteiger partial charge in [0.05, 0.1) is 48.9 Å². The Morgan fingerprint density at radius 1 is 0.531 bits per heavy atom. The highest BCUT2D eigenvalue weighted by atomic mass is 19.4. The van der Waals surface area contributed by atoms with Crippen molar-refractivity contribution >= 4 is 0 Å². The van der Waals surface area contributed by atoms with Gasteiger partial charge in [-0.3, -0.25) is 0 Å². The van der Waals surface area contributed by atoms with Crippen LogP contribution in [0.1, 0.15) is 70.6 Å². The van der Waals surface area contributed by atoms with Gasteiger partial charge < -0.3 is 20.1 Å². The number of aromatic nitrogens is 4. The van der Waals surface area contributed by atoms with E-state index in [2.05, 4.69) is 55.1 Å². The fraction of sp³-hybridized carbons (Fsp3) is 0.360. The lowest BCUT2D eigenvalue weighted by atomic mass is 9.74. The molecule has 8 rings (SSSR count). The lowest BCUT2D eigenvalue weighted by molar-refractivity contribution is -0.138. The number of nitrogens with zero attached hydrogens (tertiary/aromatic N) is 4. The fourth-order valence-corrected chi connectivity index (χ4v) is 8.44. The molecule has 2 aliphatic rings. The van der Waals surface area contributed by atoms with E-state index >= 15 is 0 Å². The number of piperidine rings is 2. The van der Waals surface area contributed by atoms with Gasteiger partial charge in [-0.2, -0.15) is 36.5 Å². The van der Waals surface area contributed by atoms with Gasteiger partial charge in [-0.25, -0.2) is 9.97 Å². The fourth-order valence-electron chi connectivity index (χ4n) is 8.44. The molecule has 0 spiro atoms. The van der Waals surface area contributed by atoms with Crippen molar-refractivity contribution in [2.75, 3.05) is 39.4 Å². The zero-order valence-electron chi connectivity index (χ0n) is 35.9. The molecular formula is C50H52F6N6O2. The molecule has 64 heavy (non-hydrogen) atoms. The molecule has 0 amide bonds. The van der Waals surface area contributed by atoms with Gasteiger partial charge in [0, 0.05) is 34.4 Å². The predicted molar refractivity (Wildman–Crippen MR) is 234 cm³/mol. The molecule has 6 aromatic rings. The summed E-state index contributed by atoms with van der Waals surface area (Å²) in [5.41, 5.74) is 4.14. The van der Waals surface area contributed by atoms with Crippen LogP contribution in [0.15, 0.2) is 122 Å². The second kappa shape index (κ2) is 20.5. The molecule has 0 saturated carbocycles. The Hall–Kier alpha value is -5.54. The van der Waals surface area contributed by atoms with Crippen LogP contribution < -0.4 is 10.6 Å². The first kappa shape index (κ1) is 46.5. The zero-order valence-corrected chi connectivity index (χ0v) is 35.9. The number of halogens is 6. The summed E-state index contributed by atoms with van der Waals surface area (Å²) in [4.78, 5) is 8.23. The lowest BCUT2D eigenvalue weighted by Gasteiger charge is -2.38. The molecule has 8 nitrogen and oxygen atoms in total. The Labute approximate surface area is 369 Å². The monoisotopic (exact) mass is 882 g/mol. The van der Waals surface area contributed by atoms with Gasteiger partial charge in [0.25, 0.3) is 0 Å². The van der Waals surface area contributed by atoms with Crippen molar-refractivity contribution in [1.29, 1.82) is 0 Å².